The Morgan fingerprint density at radius 2 is 1.76 bits per heavy atom. The zero-order valence-corrected chi connectivity index (χ0v) is 21.1. The molecule has 3 heterocycles. The molecule has 2 aromatic rings. The summed E-state index contributed by atoms with van der Waals surface area (Å²) in [5, 5.41) is 19.3. The molecule has 0 radical (unpaired) electrons. The van der Waals surface area contributed by atoms with Gasteiger partial charge in [0, 0.05) is 11.9 Å². The van der Waals surface area contributed by atoms with E-state index >= 15 is 0 Å². The van der Waals surface area contributed by atoms with Gasteiger partial charge in [0.25, 0.3) is 11.5 Å². The number of anilines is 1. The lowest BCUT2D eigenvalue weighted by molar-refractivity contribution is -0.140. The van der Waals surface area contributed by atoms with Gasteiger partial charge in [-0.3, -0.25) is 28.6 Å². The van der Waals surface area contributed by atoms with Crippen molar-refractivity contribution >= 4 is 85.4 Å². The highest BCUT2D eigenvalue weighted by molar-refractivity contribution is 8.30. The molecule has 176 valence electrons. The maximum atomic E-state index is 13.2. The molecule has 13 heteroatoms. The molecule has 0 bridgehead atoms. The number of carbonyl (C=O) groups is 3. The van der Waals surface area contributed by atoms with Gasteiger partial charge < -0.3 is 15.1 Å². The van der Waals surface area contributed by atoms with Crippen LogP contribution in [0, 0.1) is 0 Å². The van der Waals surface area contributed by atoms with Crippen LogP contribution in [-0.2, 0) is 20.9 Å². The second-order valence-corrected chi connectivity index (χ2v) is 11.0. The maximum absolute atomic E-state index is 13.2. The lowest BCUT2D eigenvalue weighted by Gasteiger charge is -2.13. The quantitative estimate of drug-likeness (QED) is 0.542. The molecule has 0 aliphatic carbocycles. The Labute approximate surface area is 210 Å². The van der Waals surface area contributed by atoms with Crippen molar-refractivity contribution in [3.63, 3.8) is 0 Å². The first-order valence-electron chi connectivity index (χ1n) is 9.73. The molecular weight excluding hydrogens is 519 g/mol. The van der Waals surface area contributed by atoms with Gasteiger partial charge in [-0.2, -0.15) is 0 Å². The van der Waals surface area contributed by atoms with Gasteiger partial charge in [-0.15, -0.1) is 11.3 Å². The van der Waals surface area contributed by atoms with Crippen LogP contribution in [0.2, 0.25) is 0 Å². The fourth-order valence-electron chi connectivity index (χ4n) is 3.40. The van der Waals surface area contributed by atoms with E-state index in [2.05, 4.69) is 0 Å². The van der Waals surface area contributed by atoms with E-state index in [4.69, 9.17) is 17.3 Å². The van der Waals surface area contributed by atoms with Crippen molar-refractivity contribution in [3.05, 3.63) is 54.9 Å². The minimum absolute atomic E-state index is 0.0382. The number of thioether (sulfide) groups is 2. The number of carbonyl (C=O) groups excluding carboxylic acids is 1. The van der Waals surface area contributed by atoms with Crippen molar-refractivity contribution in [1.82, 2.24) is 9.47 Å². The lowest BCUT2D eigenvalue weighted by atomic mass is 10.3. The molecule has 0 atom stereocenters. The summed E-state index contributed by atoms with van der Waals surface area (Å²) in [6, 6.07) is 7.88. The van der Waals surface area contributed by atoms with Crippen molar-refractivity contribution in [1.29, 1.82) is 0 Å². The van der Waals surface area contributed by atoms with Gasteiger partial charge in [0.2, 0.25) is 0 Å². The molecule has 2 aliphatic heterocycles. The van der Waals surface area contributed by atoms with E-state index in [9.17, 15) is 24.3 Å². The number of fused-ring (bicyclic) bond motifs is 1. The van der Waals surface area contributed by atoms with Gasteiger partial charge in [0.05, 0.1) is 15.2 Å². The molecule has 1 saturated heterocycles. The fourth-order valence-corrected chi connectivity index (χ4v) is 7.08. The summed E-state index contributed by atoms with van der Waals surface area (Å²) in [4.78, 5) is 52.7. The first-order chi connectivity index (χ1) is 16.1. The van der Waals surface area contributed by atoms with Crippen molar-refractivity contribution in [2.45, 2.75) is 18.4 Å². The molecule has 1 amide bonds. The number of hydrogen-bond donors (Lipinski definition) is 2. The van der Waals surface area contributed by atoms with Gasteiger partial charge in [0.15, 0.2) is 0 Å². The third-order valence-corrected chi connectivity index (χ3v) is 9.03. The summed E-state index contributed by atoms with van der Waals surface area (Å²) < 4.78 is 1.49. The zero-order chi connectivity index (χ0) is 24.7. The van der Waals surface area contributed by atoms with Gasteiger partial charge in [0.1, 0.15) is 27.0 Å². The Bertz CT molecular complexity index is 1470. The average Bonchev–Trinajstić information content (AvgIpc) is 3.35. The number of para-hydroxylation sites is 1. The number of aromatic nitrogens is 1. The van der Waals surface area contributed by atoms with Crippen LogP contribution < -0.4 is 19.7 Å². The normalized spacial score (nSPS) is 19.2. The smallest absolute Gasteiger partial charge is 0.323 e. The van der Waals surface area contributed by atoms with Gasteiger partial charge in [-0.25, -0.2) is 0 Å². The number of amides is 1. The third kappa shape index (κ3) is 4.43. The monoisotopic (exact) mass is 535 g/mol. The second-order valence-electron chi connectivity index (χ2n) is 7.30. The van der Waals surface area contributed by atoms with Crippen molar-refractivity contribution in [2.75, 3.05) is 18.5 Å². The van der Waals surface area contributed by atoms with E-state index in [-0.39, 0.29) is 18.4 Å². The Morgan fingerprint density at radius 1 is 1.09 bits per heavy atom. The highest BCUT2D eigenvalue weighted by atomic mass is 32.2. The number of thiocarbonyl (C=S) groups is 1. The van der Waals surface area contributed by atoms with Gasteiger partial charge in [-0.1, -0.05) is 47.9 Å². The standard InChI is InChI=1S/C21H17N3O6S4/c1-10(7-13-22(2)11-5-3-4-6-12(11)32-13)16-18(29)23(8-14(25)26)20(33-16)17-19(30)24(9-15(27)28)21(31)34-17/h3-7H,8-9H2,1-2H3,(H,25,26)(H,27,28)/b13-7-,16-10+,20-17+. The molecular formula is C21H17N3O6S4. The summed E-state index contributed by atoms with van der Waals surface area (Å²) in [6.07, 6.45) is 1.85. The zero-order valence-electron chi connectivity index (χ0n) is 17.8. The minimum Gasteiger partial charge on any atom is -0.480 e. The maximum Gasteiger partial charge on any atom is 0.323 e. The molecule has 9 nitrogen and oxygen atoms in total. The number of thiazole rings is 1. The van der Waals surface area contributed by atoms with E-state index in [0.29, 0.717) is 5.57 Å². The molecule has 2 aliphatic rings. The first-order valence-corrected chi connectivity index (χ1v) is 12.6. The summed E-state index contributed by atoms with van der Waals surface area (Å²) >= 11 is 8.54. The SMILES string of the molecule is CC(/C=C1\Sc2ccccc2N1C)=c1\s/c(=C2/SC(=S)N(CC(=O)O)C2=O)n(CC(=O)O)c1=O. The van der Waals surface area contributed by atoms with E-state index in [1.54, 1.807) is 18.7 Å². The van der Waals surface area contributed by atoms with Gasteiger partial charge >= 0.3 is 11.9 Å². The highest BCUT2D eigenvalue weighted by Gasteiger charge is 2.35. The van der Waals surface area contributed by atoms with Crippen molar-refractivity contribution in [2.24, 2.45) is 0 Å². The first kappa shape index (κ1) is 24.3. The molecule has 4 rings (SSSR count). The molecule has 1 aromatic carbocycles. The van der Waals surface area contributed by atoms with E-state index in [0.717, 1.165) is 48.2 Å². The van der Waals surface area contributed by atoms with E-state index in [1.807, 2.05) is 42.3 Å². The Hall–Kier alpha value is -2.87. The predicted octanol–water partition coefficient (Wildman–Crippen LogP) is 1.30. The molecule has 0 spiro atoms. The Morgan fingerprint density at radius 3 is 2.41 bits per heavy atom. The number of carboxylic acid groups (broad SMARTS) is 2. The summed E-state index contributed by atoms with van der Waals surface area (Å²) in [6.45, 7) is 0.497. The lowest BCUT2D eigenvalue weighted by Crippen LogP contribution is -2.37. The largest absolute Gasteiger partial charge is 0.480 e. The van der Waals surface area contributed by atoms with Crippen LogP contribution in [0.15, 0.2) is 45.1 Å². The van der Waals surface area contributed by atoms with Crippen LogP contribution >= 0.6 is 47.1 Å². The fraction of sp³-hybridized carbons (Fsp3) is 0.190. The average molecular weight is 536 g/mol. The van der Waals surface area contributed by atoms with Crippen LogP contribution in [-0.4, -0.2) is 55.4 Å². The van der Waals surface area contributed by atoms with Crippen LogP contribution in [0.3, 0.4) is 0 Å². The topological polar surface area (TPSA) is 120 Å². The number of hydrogen-bond acceptors (Lipinski definition) is 9. The summed E-state index contributed by atoms with van der Waals surface area (Å²) in [7, 11) is 1.92. The number of benzene rings is 1. The molecule has 1 fully saturated rings. The number of rotatable bonds is 5. The number of nitrogens with zero attached hydrogens (tertiary/aromatic N) is 3. The third-order valence-electron chi connectivity index (χ3n) is 4.98. The van der Waals surface area contributed by atoms with Crippen molar-refractivity contribution < 1.29 is 24.6 Å². The highest BCUT2D eigenvalue weighted by Crippen LogP contribution is 2.45. The Balaban J connectivity index is 1.88. The number of aliphatic carboxylic acids is 2. The van der Waals surface area contributed by atoms with Crippen molar-refractivity contribution in [3.8, 4) is 0 Å². The van der Waals surface area contributed by atoms with E-state index in [1.165, 1.54) is 0 Å². The van der Waals surface area contributed by atoms with Gasteiger partial charge in [-0.05, 0) is 30.7 Å². The minimum atomic E-state index is -1.24. The molecule has 2 N–H and O–H groups in total. The predicted molar refractivity (Wildman–Crippen MR) is 136 cm³/mol. The number of allylic oxidation sites excluding steroid dienone is 1. The molecule has 0 saturated carbocycles. The second kappa shape index (κ2) is 9.41. The van der Waals surface area contributed by atoms with Crippen LogP contribution in [0.25, 0.3) is 10.5 Å². The van der Waals surface area contributed by atoms with Crippen LogP contribution in [0.4, 0.5) is 5.69 Å². The van der Waals surface area contributed by atoms with E-state index < -0.39 is 36.5 Å². The molecule has 0 unspecified atom stereocenters. The van der Waals surface area contributed by atoms with Crippen LogP contribution in [0.5, 0.6) is 0 Å². The number of carboxylic acids is 2. The molecule has 1 aromatic heterocycles. The Kier molecular flexibility index (Phi) is 6.71. The van der Waals surface area contributed by atoms with Crippen LogP contribution in [0.1, 0.15) is 6.92 Å². The summed E-state index contributed by atoms with van der Waals surface area (Å²) in [5.41, 5.74) is 1.12. The summed E-state index contributed by atoms with van der Waals surface area (Å²) in [5.74, 6) is -3.14. The molecule has 34 heavy (non-hydrogen) atoms.